The van der Waals surface area contributed by atoms with Crippen LogP contribution in [0.4, 0.5) is 0 Å². The summed E-state index contributed by atoms with van der Waals surface area (Å²) in [5.74, 6) is -16.1. The number of nitrogens with two attached hydrogens (primary N) is 3. The topological polar surface area (TPSA) is 557 Å². The zero-order chi connectivity index (χ0) is 93.8. The molecule has 3 aliphatic rings. The molecule has 694 valence electrons. The van der Waals surface area contributed by atoms with Crippen molar-refractivity contribution in [1.82, 2.24) is 87.6 Å². The molecule has 39 heteroatoms. The highest BCUT2D eigenvalue weighted by molar-refractivity contribution is 8.00. The lowest BCUT2D eigenvalue weighted by Crippen LogP contribution is -2.61. The summed E-state index contributed by atoms with van der Waals surface area (Å²) in [5.41, 5.74) is 20.3. The zero-order valence-corrected chi connectivity index (χ0v) is 74.7. The van der Waals surface area contributed by atoms with E-state index in [-0.39, 0.29) is 95.4 Å². The second-order valence-corrected chi connectivity index (χ2v) is 34.1. The molecule has 3 aliphatic heterocycles. The highest BCUT2D eigenvalue weighted by Crippen LogP contribution is 2.28. The van der Waals surface area contributed by atoms with E-state index in [0.717, 1.165) is 21.6 Å². The van der Waals surface area contributed by atoms with Crippen molar-refractivity contribution < 1.29 is 86.6 Å². The third kappa shape index (κ3) is 27.4. The standard InChI is InChI=1S/C89H124N20O18S/c1-11-15-29-69-82(120)98-61(24-14-4)79(117)104-68(77(115)95-47-74(92)112)48-128-49-75(113)96-64(40-52-33-35-55(110)36-34-52)85(123)105(8)51(7)76(114)100-66(43-73(91)111)88(126)109-38-22-32-71(109)84(122)103-67(44-90)81(119)101-63(39-50(5)6)87(125)108-37-21-31-70(108)83(121)99-62(41-53-45-93-58-27-19-17-25-56(53)58)80(118)97-60(23-13-3)78(116)102-65(42-54-46-94-59-28-20-18-26-57(54)59)86(124)107(10)72(30-16-12-2)89(127)106(69)9/h13-14,17-20,25-28,33-36,45-46,50-51,60-72,93-94,110H,3-4,11-12,15-16,21-24,29-32,37-44,47-49,90H2,1-2,5-10H3,(H2,91,111)(H2,92,112)(H,95,115)(H,96,113)(H,97,118)(H,98,120)(H,99,121)(H,100,114)(H,101,119)(H,102,116)(H,103,122)(H,104,117)/t51-,60-,61-,62-,63-,64-,65-,66-,67-,68-,69-,70?,71-,72-/m0/s1. The van der Waals surface area contributed by atoms with Crippen molar-refractivity contribution in [2.24, 2.45) is 23.1 Å². The van der Waals surface area contributed by atoms with E-state index in [1.165, 1.54) is 79.2 Å². The smallest absolute Gasteiger partial charge is 0.246 e. The number of likely N-dealkylation sites (N-methyl/N-ethyl adjacent to an activating group) is 3. The van der Waals surface area contributed by atoms with Crippen molar-refractivity contribution in [3.63, 3.8) is 0 Å². The minimum atomic E-state index is -1.74. The Morgan fingerprint density at radius 3 is 1.52 bits per heavy atom. The van der Waals surface area contributed by atoms with Gasteiger partial charge in [-0.05, 0) is 112 Å². The van der Waals surface area contributed by atoms with Gasteiger partial charge in [-0.1, -0.05) is 114 Å². The van der Waals surface area contributed by atoms with E-state index in [0.29, 0.717) is 70.6 Å². The molecule has 1 unspecified atom stereocenters. The lowest BCUT2D eigenvalue weighted by Gasteiger charge is -2.36. The van der Waals surface area contributed by atoms with Gasteiger partial charge < -0.3 is 110 Å². The normalized spacial score (nSPS) is 24.9. The van der Waals surface area contributed by atoms with Crippen molar-refractivity contribution in [3.8, 4) is 5.75 Å². The van der Waals surface area contributed by atoms with Gasteiger partial charge in [-0.3, -0.25) is 81.5 Å². The predicted octanol–water partition coefficient (Wildman–Crippen LogP) is -0.0101. The van der Waals surface area contributed by atoms with Gasteiger partial charge in [0.05, 0.1) is 18.7 Å². The maximum Gasteiger partial charge on any atom is 0.246 e. The number of nitrogens with zero attached hydrogens (tertiary/aromatic N) is 5. The van der Waals surface area contributed by atoms with Gasteiger partial charge in [-0.2, -0.15) is 0 Å². The molecule has 19 N–H and O–H groups in total. The maximum absolute atomic E-state index is 15.7. The summed E-state index contributed by atoms with van der Waals surface area (Å²) >= 11 is 0.788. The van der Waals surface area contributed by atoms with E-state index >= 15 is 33.6 Å². The lowest BCUT2D eigenvalue weighted by molar-refractivity contribution is -0.149. The number of primary amides is 2. The fraction of sp³-hybridized carbons (Fsp3) is 0.517. The Hall–Kier alpha value is -12.7. The molecule has 0 spiro atoms. The number of aromatic hydroxyl groups is 1. The molecule has 17 amide bonds. The summed E-state index contributed by atoms with van der Waals surface area (Å²) in [6.45, 7) is 15.0. The number of benzene rings is 3. The molecule has 38 nitrogen and oxygen atoms in total. The van der Waals surface area contributed by atoms with Crippen LogP contribution in [0.15, 0.2) is 111 Å². The Balaban J connectivity index is 1.17. The number of hydrogen-bond donors (Lipinski definition) is 16. The number of carbonyl (C=O) groups is 17. The maximum atomic E-state index is 15.7. The summed E-state index contributed by atoms with van der Waals surface area (Å²) in [5, 5.41) is 38.4. The van der Waals surface area contributed by atoms with E-state index in [4.69, 9.17) is 17.2 Å². The SMILES string of the molecule is C=CC[C@@H]1NC(=O)[C@H](Cc2c[nH]c3ccccc23)NC(=O)C2CCCN2C(=O)[C@H](CC(C)C)NC(=O)[C@H](CN)NC(=O)[C@@H]2CCCN2C(=O)[C@H](CC(N)=O)NC(=O)[C@H](C)N(C)C(=O)[C@H](Cc2ccc(O)cc2)NC(=O)CSC[C@@H](C(=O)NCC(N)=O)NC(=O)[C@H](CC=C)NC(=O)[C@H](CCCC)N(C)C(=O)[C@H](CCCC)N(C)C(=O)[C@H](Cc2c[nH]c3ccccc23)NC1=O. The van der Waals surface area contributed by atoms with Crippen LogP contribution in [0.5, 0.6) is 5.75 Å². The molecular formula is C89H124N20O18S. The first kappa shape index (κ1) is 101. The van der Waals surface area contributed by atoms with Gasteiger partial charge >= 0.3 is 0 Å². The number of aromatic amines is 2. The van der Waals surface area contributed by atoms with Gasteiger partial charge in [-0.25, -0.2) is 0 Å². The number of fused-ring (bicyclic) bond motifs is 4. The molecule has 8 rings (SSSR count). The average Bonchev–Trinajstić information content (AvgIpc) is 1.48. The second-order valence-electron chi connectivity index (χ2n) is 33.1. The number of aromatic nitrogens is 2. The minimum absolute atomic E-state index is 0.0160. The highest BCUT2D eigenvalue weighted by atomic mass is 32.2. The van der Waals surface area contributed by atoms with Crippen molar-refractivity contribution in [2.75, 3.05) is 58.8 Å². The van der Waals surface area contributed by atoms with Crippen LogP contribution in [0.1, 0.15) is 141 Å². The first-order valence-corrected chi connectivity index (χ1v) is 44.5. The van der Waals surface area contributed by atoms with Gasteiger partial charge in [0.15, 0.2) is 0 Å². The number of para-hydroxylation sites is 2. The van der Waals surface area contributed by atoms with Crippen LogP contribution in [-0.2, 0) is 101 Å². The first-order valence-electron chi connectivity index (χ1n) is 43.4. The van der Waals surface area contributed by atoms with E-state index in [1.807, 2.05) is 44.2 Å². The first-order chi connectivity index (χ1) is 61.0. The molecule has 0 aliphatic carbocycles. The summed E-state index contributed by atoms with van der Waals surface area (Å²) in [4.78, 5) is 260. The van der Waals surface area contributed by atoms with Crippen LogP contribution < -0.4 is 70.4 Å². The Kier molecular flexibility index (Phi) is 38.0. The van der Waals surface area contributed by atoms with Crippen LogP contribution in [0, 0.1) is 5.92 Å². The van der Waals surface area contributed by atoms with Crippen LogP contribution in [0.2, 0.25) is 0 Å². The number of thioether (sulfide) groups is 1. The molecule has 3 saturated heterocycles. The Morgan fingerprint density at radius 2 is 0.984 bits per heavy atom. The lowest BCUT2D eigenvalue weighted by atomic mass is 9.99. The Bertz CT molecular complexity index is 4840. The van der Waals surface area contributed by atoms with Gasteiger partial charge in [0.2, 0.25) is 100 Å². The third-order valence-electron chi connectivity index (χ3n) is 23.2. The number of phenolic OH excluding ortho intramolecular Hbond substituents is 1. The molecule has 0 radical (unpaired) electrons. The molecule has 2 aromatic heterocycles. The zero-order valence-electron chi connectivity index (χ0n) is 73.8. The van der Waals surface area contributed by atoms with Crippen LogP contribution in [0.25, 0.3) is 21.8 Å². The van der Waals surface area contributed by atoms with Gasteiger partial charge in [0.25, 0.3) is 0 Å². The fourth-order valence-corrected chi connectivity index (χ4v) is 16.9. The molecule has 0 bridgehead atoms. The molecule has 3 fully saturated rings. The third-order valence-corrected chi connectivity index (χ3v) is 24.2. The van der Waals surface area contributed by atoms with E-state index in [9.17, 15) is 53.1 Å². The summed E-state index contributed by atoms with van der Waals surface area (Å²) < 4.78 is 0. The van der Waals surface area contributed by atoms with E-state index in [1.54, 1.807) is 44.4 Å². The van der Waals surface area contributed by atoms with Crippen molar-refractivity contribution >= 4 is 134 Å². The average molecular weight is 1790 g/mol. The predicted molar refractivity (Wildman–Crippen MR) is 479 cm³/mol. The number of amides is 17. The van der Waals surface area contributed by atoms with Crippen molar-refractivity contribution in [1.29, 1.82) is 0 Å². The Labute approximate surface area is 747 Å². The quantitative estimate of drug-likeness (QED) is 0.0361. The molecule has 3 aromatic carbocycles. The number of rotatable bonds is 24. The molecule has 14 atom stereocenters. The monoisotopic (exact) mass is 1790 g/mol. The molecule has 5 heterocycles. The number of nitrogens with one attached hydrogen (secondary N) is 12. The van der Waals surface area contributed by atoms with Crippen LogP contribution in [-0.4, -0.2) is 283 Å². The number of unbranched alkanes of at least 4 members (excludes halogenated alkanes) is 2. The van der Waals surface area contributed by atoms with Crippen molar-refractivity contribution in [2.45, 2.75) is 228 Å². The van der Waals surface area contributed by atoms with Crippen LogP contribution in [0.3, 0.4) is 0 Å². The van der Waals surface area contributed by atoms with Gasteiger partial charge in [0.1, 0.15) is 90.3 Å². The molecule has 0 saturated carbocycles. The number of H-pyrrole nitrogens is 2. The van der Waals surface area contributed by atoms with E-state index in [2.05, 4.69) is 76.3 Å². The number of phenols is 1. The summed E-state index contributed by atoms with van der Waals surface area (Å²) in [7, 11) is 4.02. The number of hydrogen-bond acceptors (Lipinski definition) is 20. The fourth-order valence-electron chi connectivity index (χ4n) is 16.0. The van der Waals surface area contributed by atoms with Gasteiger partial charge in [0, 0.05) is 100.0 Å². The summed E-state index contributed by atoms with van der Waals surface area (Å²) in [6, 6.07) is -0.183. The molecule has 128 heavy (non-hydrogen) atoms. The Morgan fingerprint density at radius 1 is 0.523 bits per heavy atom. The van der Waals surface area contributed by atoms with E-state index < -0.39 is 216 Å². The highest BCUT2D eigenvalue weighted by Gasteiger charge is 2.45. The molecular weight excluding hydrogens is 1670 g/mol. The van der Waals surface area contributed by atoms with Gasteiger partial charge in [-0.15, -0.1) is 24.9 Å². The number of carbonyl (C=O) groups excluding carboxylic acids is 17. The second kappa shape index (κ2) is 48.3. The summed E-state index contributed by atoms with van der Waals surface area (Å²) in [6.07, 6.45) is 6.75. The van der Waals surface area contributed by atoms with Crippen molar-refractivity contribution in [3.05, 3.63) is 127 Å². The minimum Gasteiger partial charge on any atom is -0.508 e. The largest absolute Gasteiger partial charge is 0.508 e. The molecule has 5 aromatic rings. The van der Waals surface area contributed by atoms with Crippen LogP contribution >= 0.6 is 11.8 Å².